The molecule has 5 rings (SSSR count). The summed E-state index contributed by atoms with van der Waals surface area (Å²) in [4.78, 5) is 37.7. The van der Waals surface area contributed by atoms with E-state index >= 15 is 0 Å². The van der Waals surface area contributed by atoms with Crippen LogP contribution in [0.4, 0.5) is 35.2 Å². The van der Waals surface area contributed by atoms with E-state index in [1.165, 1.54) is 53.4 Å². The summed E-state index contributed by atoms with van der Waals surface area (Å²) in [7, 11) is 0. The van der Waals surface area contributed by atoms with Gasteiger partial charge in [0.2, 0.25) is 11.8 Å². The number of benzene rings is 2. The summed E-state index contributed by atoms with van der Waals surface area (Å²) in [5.41, 5.74) is 1.04. The highest BCUT2D eigenvalue weighted by Crippen LogP contribution is 2.37. The van der Waals surface area contributed by atoms with Crippen LogP contribution in [0, 0.1) is 6.92 Å². The molecule has 1 aliphatic rings. The molecule has 0 atom stereocenters. The summed E-state index contributed by atoms with van der Waals surface area (Å²) < 4.78 is 48.6. The fourth-order valence-electron chi connectivity index (χ4n) is 4.23. The van der Waals surface area contributed by atoms with Crippen molar-refractivity contribution >= 4 is 29.1 Å². The highest BCUT2D eigenvalue weighted by atomic mass is 19.4. The lowest BCUT2D eigenvalue weighted by Crippen LogP contribution is -2.33. The summed E-state index contributed by atoms with van der Waals surface area (Å²) in [6.45, 7) is 3.38. The number of hydrogen-bond acceptors (Lipinski definition) is 6. The number of nitrogens with one attached hydrogen (secondary N) is 2. The third kappa shape index (κ3) is 5.66. The van der Waals surface area contributed by atoms with Gasteiger partial charge in [0.1, 0.15) is 17.9 Å². The molecule has 1 aliphatic heterocycles. The van der Waals surface area contributed by atoms with E-state index in [9.17, 15) is 22.8 Å². The van der Waals surface area contributed by atoms with Crippen LogP contribution >= 0.6 is 0 Å². The number of imidazole rings is 1. The van der Waals surface area contributed by atoms with Crippen LogP contribution in [0.5, 0.6) is 11.6 Å². The van der Waals surface area contributed by atoms with Crippen molar-refractivity contribution in [1.82, 2.24) is 19.5 Å². The minimum Gasteiger partial charge on any atom is -0.439 e. The minimum atomic E-state index is -4.64. The van der Waals surface area contributed by atoms with Crippen molar-refractivity contribution in [3.63, 3.8) is 0 Å². The molecule has 0 fully saturated rings. The van der Waals surface area contributed by atoms with E-state index in [0.717, 1.165) is 11.6 Å². The number of urea groups is 1. The maximum atomic E-state index is 13.8. The molecule has 3 heterocycles. The van der Waals surface area contributed by atoms with Crippen LogP contribution in [-0.2, 0) is 17.4 Å². The summed E-state index contributed by atoms with van der Waals surface area (Å²) in [6.07, 6.45) is -0.0586. The van der Waals surface area contributed by atoms with E-state index in [4.69, 9.17) is 4.74 Å². The molecular weight excluding hydrogens is 515 g/mol. The second kappa shape index (κ2) is 10.1. The number of rotatable bonds is 5. The maximum absolute atomic E-state index is 13.8. The van der Waals surface area contributed by atoms with E-state index in [2.05, 4.69) is 25.6 Å². The van der Waals surface area contributed by atoms with E-state index in [-0.39, 0.29) is 23.2 Å². The fourth-order valence-corrected chi connectivity index (χ4v) is 4.23. The molecule has 0 unspecified atom stereocenters. The number of anilines is 3. The Labute approximate surface area is 220 Å². The van der Waals surface area contributed by atoms with Gasteiger partial charge in [-0.15, -0.1) is 0 Å². The normalized spacial score (nSPS) is 12.7. The van der Waals surface area contributed by atoms with Gasteiger partial charge in [0.15, 0.2) is 0 Å². The third-order valence-electron chi connectivity index (χ3n) is 5.90. The topological polar surface area (TPSA) is 114 Å². The first-order valence-corrected chi connectivity index (χ1v) is 11.8. The first-order chi connectivity index (χ1) is 18.6. The van der Waals surface area contributed by atoms with Crippen LogP contribution < -0.4 is 20.3 Å². The molecule has 2 aromatic heterocycles. The largest absolute Gasteiger partial charge is 0.439 e. The van der Waals surface area contributed by atoms with Gasteiger partial charge in [-0.3, -0.25) is 9.69 Å². The number of ether oxygens (including phenoxy) is 1. The van der Waals surface area contributed by atoms with Crippen molar-refractivity contribution in [2.45, 2.75) is 26.4 Å². The number of alkyl halides is 3. The van der Waals surface area contributed by atoms with Gasteiger partial charge in [-0.2, -0.15) is 13.2 Å². The Bertz CT molecular complexity index is 1570. The zero-order valence-electron chi connectivity index (χ0n) is 20.8. The Morgan fingerprint density at radius 3 is 2.51 bits per heavy atom. The van der Waals surface area contributed by atoms with Crippen LogP contribution in [0.3, 0.4) is 0 Å². The van der Waals surface area contributed by atoms with Gasteiger partial charge >= 0.3 is 12.2 Å². The van der Waals surface area contributed by atoms with E-state index < -0.39 is 17.8 Å². The molecule has 2 aromatic carbocycles. The smallest absolute Gasteiger partial charge is 0.418 e. The summed E-state index contributed by atoms with van der Waals surface area (Å²) in [5, 5.41) is 5.12. The lowest BCUT2D eigenvalue weighted by atomic mass is 10.1. The van der Waals surface area contributed by atoms with Gasteiger partial charge in [0.25, 0.3) is 0 Å². The highest BCUT2D eigenvalue weighted by Gasteiger charge is 2.35. The Kier molecular flexibility index (Phi) is 6.64. The summed E-state index contributed by atoms with van der Waals surface area (Å²) in [6, 6.07) is 9.64. The summed E-state index contributed by atoms with van der Waals surface area (Å²) >= 11 is 0. The molecule has 0 spiro atoms. The quantitative estimate of drug-likeness (QED) is 0.356. The molecule has 4 aromatic rings. The molecule has 3 amide bonds. The second-order valence-corrected chi connectivity index (χ2v) is 8.80. The van der Waals surface area contributed by atoms with Crippen molar-refractivity contribution in [2.75, 3.05) is 22.1 Å². The lowest BCUT2D eigenvalue weighted by Gasteiger charge is -2.20. The van der Waals surface area contributed by atoms with Crippen LogP contribution in [0.1, 0.15) is 23.7 Å². The Balaban J connectivity index is 1.32. The predicted molar refractivity (Wildman–Crippen MR) is 136 cm³/mol. The standard InChI is InChI=1S/C26H22F3N7O3/c1-15-12-35(14-32-15)22-5-3-18(10-20(22)26(27,28)29)34-25(38)36-8-7-17-9-19(4-6-21(17)36)39-24-11-23(30-13-31-24)33-16(2)37/h3-6,9-14H,7-8H2,1-2H3,(H,34,38)(H,30,31,33,37). The van der Waals surface area contributed by atoms with Crippen molar-refractivity contribution in [1.29, 1.82) is 0 Å². The molecular formula is C26H22F3N7O3. The van der Waals surface area contributed by atoms with Gasteiger partial charge < -0.3 is 19.9 Å². The number of halogens is 3. The number of amides is 3. The number of fused-ring (bicyclic) bond motifs is 1. The van der Waals surface area contributed by atoms with E-state index in [1.54, 1.807) is 25.1 Å². The van der Waals surface area contributed by atoms with Crippen LogP contribution in [0.2, 0.25) is 0 Å². The van der Waals surface area contributed by atoms with Crippen molar-refractivity contribution in [3.05, 3.63) is 78.1 Å². The van der Waals surface area contributed by atoms with Crippen molar-refractivity contribution in [3.8, 4) is 17.3 Å². The van der Waals surface area contributed by atoms with E-state index in [1.807, 2.05) is 0 Å². The third-order valence-corrected chi connectivity index (χ3v) is 5.90. The molecule has 0 saturated heterocycles. The van der Waals surface area contributed by atoms with Gasteiger partial charge in [-0.25, -0.2) is 19.7 Å². The zero-order chi connectivity index (χ0) is 27.7. The van der Waals surface area contributed by atoms with Gasteiger partial charge in [0.05, 0.1) is 23.3 Å². The Hall–Kier alpha value is -4.94. The molecule has 39 heavy (non-hydrogen) atoms. The molecule has 2 N–H and O–H groups in total. The first kappa shape index (κ1) is 25.7. The molecule has 0 saturated carbocycles. The number of hydrogen-bond donors (Lipinski definition) is 2. The highest BCUT2D eigenvalue weighted by molar-refractivity contribution is 6.03. The molecule has 0 radical (unpaired) electrons. The molecule has 0 bridgehead atoms. The number of carbonyl (C=O) groups is 2. The zero-order valence-corrected chi connectivity index (χ0v) is 20.8. The van der Waals surface area contributed by atoms with Gasteiger partial charge in [-0.1, -0.05) is 0 Å². The predicted octanol–water partition coefficient (Wildman–Crippen LogP) is 5.33. The van der Waals surface area contributed by atoms with E-state index in [0.29, 0.717) is 35.9 Å². The average molecular weight is 538 g/mol. The maximum Gasteiger partial charge on any atom is 0.418 e. The second-order valence-electron chi connectivity index (χ2n) is 8.80. The van der Waals surface area contributed by atoms with Gasteiger partial charge in [0, 0.05) is 37.1 Å². The first-order valence-electron chi connectivity index (χ1n) is 11.8. The number of aromatic nitrogens is 4. The number of nitrogens with zero attached hydrogens (tertiary/aromatic N) is 5. The SMILES string of the molecule is CC(=O)Nc1cc(Oc2ccc3c(c2)CCN3C(=O)Nc2ccc(-n3cnc(C)c3)c(C(F)(F)F)c2)ncn1. The minimum absolute atomic E-state index is 0.0139. The lowest BCUT2D eigenvalue weighted by molar-refractivity contribution is -0.137. The molecule has 0 aliphatic carbocycles. The molecule has 10 nitrogen and oxygen atoms in total. The van der Waals surface area contributed by atoms with Crippen LogP contribution in [0.25, 0.3) is 5.69 Å². The number of aryl methyl sites for hydroxylation is 1. The van der Waals surface area contributed by atoms with Crippen LogP contribution in [0.15, 0.2) is 61.3 Å². The number of carbonyl (C=O) groups excluding carboxylic acids is 2. The fraction of sp³-hybridized carbons (Fsp3) is 0.192. The Morgan fingerprint density at radius 2 is 1.79 bits per heavy atom. The Morgan fingerprint density at radius 1 is 1.00 bits per heavy atom. The summed E-state index contributed by atoms with van der Waals surface area (Å²) in [5.74, 6) is 0.687. The average Bonchev–Trinajstić information content (AvgIpc) is 3.49. The molecule has 200 valence electrons. The van der Waals surface area contributed by atoms with Gasteiger partial charge in [-0.05, 0) is 55.3 Å². The van der Waals surface area contributed by atoms with Crippen molar-refractivity contribution < 1.29 is 27.5 Å². The molecule has 13 heteroatoms. The van der Waals surface area contributed by atoms with Crippen LogP contribution in [-0.4, -0.2) is 38.0 Å². The van der Waals surface area contributed by atoms with Crippen molar-refractivity contribution in [2.24, 2.45) is 0 Å². The monoisotopic (exact) mass is 537 g/mol.